The van der Waals surface area contributed by atoms with E-state index in [1.165, 1.54) is 12.1 Å². The third kappa shape index (κ3) is 2.54. The zero-order valence-corrected chi connectivity index (χ0v) is 11.5. The molecule has 0 bridgehead atoms. The van der Waals surface area contributed by atoms with Crippen LogP contribution in [0.4, 0.5) is 8.78 Å². The first-order valence-corrected chi connectivity index (χ1v) is 6.27. The van der Waals surface area contributed by atoms with E-state index < -0.39 is 17.7 Å². The van der Waals surface area contributed by atoms with E-state index in [9.17, 15) is 8.78 Å². The van der Waals surface area contributed by atoms with Gasteiger partial charge in [0.15, 0.2) is 0 Å². The molecule has 4 heteroatoms. The molecule has 0 fully saturated rings. The van der Waals surface area contributed by atoms with Crippen LogP contribution in [0.25, 0.3) is 0 Å². The van der Waals surface area contributed by atoms with Crippen LogP contribution in [-0.2, 0) is 0 Å². The molecule has 1 unspecified atom stereocenters. The molecule has 0 aromatic heterocycles. The Kier molecular flexibility index (Phi) is 4.82. The van der Waals surface area contributed by atoms with Crippen molar-refractivity contribution < 1.29 is 8.78 Å². The highest BCUT2D eigenvalue weighted by Crippen LogP contribution is 2.35. The van der Waals surface area contributed by atoms with Crippen molar-refractivity contribution in [2.24, 2.45) is 5.73 Å². The Morgan fingerprint density at radius 3 is 2.17 bits per heavy atom. The highest BCUT2D eigenvalue weighted by Gasteiger charge is 2.37. The number of hydrogen-bond donors (Lipinski definition) is 1. The summed E-state index contributed by atoms with van der Waals surface area (Å²) >= 11 is 0. The predicted molar refractivity (Wildman–Crippen MR) is 70.3 cm³/mol. The van der Waals surface area contributed by atoms with E-state index in [2.05, 4.69) is 0 Å². The molecule has 1 atom stereocenters. The number of hydrogen-bond acceptors (Lipinski definition) is 2. The van der Waals surface area contributed by atoms with Crippen LogP contribution in [0.5, 0.6) is 0 Å². The number of nitrogens with two attached hydrogens (primary N) is 1. The van der Waals surface area contributed by atoms with Gasteiger partial charge >= 0.3 is 0 Å². The molecule has 0 radical (unpaired) electrons. The largest absolute Gasteiger partial charge is 0.322 e. The molecule has 2 nitrogen and oxygen atoms in total. The van der Waals surface area contributed by atoms with Gasteiger partial charge in [-0.2, -0.15) is 0 Å². The Hall–Kier alpha value is -1.00. The number of nitrogens with zero attached hydrogens (tertiary/aromatic N) is 1. The minimum atomic E-state index is -0.577. The quantitative estimate of drug-likeness (QED) is 0.877. The van der Waals surface area contributed by atoms with Gasteiger partial charge in [-0.1, -0.05) is 19.9 Å². The minimum Gasteiger partial charge on any atom is -0.322 e. The second-order valence-corrected chi connectivity index (χ2v) is 4.85. The van der Waals surface area contributed by atoms with Gasteiger partial charge in [0.2, 0.25) is 0 Å². The van der Waals surface area contributed by atoms with Gasteiger partial charge in [-0.05, 0) is 33.0 Å². The maximum atomic E-state index is 13.8. The van der Waals surface area contributed by atoms with E-state index in [0.717, 1.165) is 18.9 Å². The number of rotatable bonds is 5. The molecule has 0 saturated heterocycles. The summed E-state index contributed by atoms with van der Waals surface area (Å²) in [5.74, 6) is -1.15. The topological polar surface area (TPSA) is 29.3 Å². The van der Waals surface area contributed by atoms with Gasteiger partial charge in [-0.15, -0.1) is 0 Å². The highest BCUT2D eigenvalue weighted by molar-refractivity contribution is 5.25. The van der Waals surface area contributed by atoms with E-state index in [0.29, 0.717) is 5.56 Å². The zero-order valence-electron chi connectivity index (χ0n) is 11.5. The molecule has 0 aliphatic heterocycles. The Balaban J connectivity index is 3.21. The molecule has 102 valence electrons. The molecule has 0 saturated carbocycles. The Morgan fingerprint density at radius 2 is 1.78 bits per heavy atom. The fraction of sp³-hybridized carbons (Fsp3) is 0.571. The molecular formula is C14H22F2N2. The van der Waals surface area contributed by atoms with E-state index in [1.807, 2.05) is 32.8 Å². The van der Waals surface area contributed by atoms with Gasteiger partial charge < -0.3 is 10.6 Å². The van der Waals surface area contributed by atoms with Gasteiger partial charge in [-0.3, -0.25) is 0 Å². The average Bonchev–Trinajstić information content (AvgIpc) is 2.30. The number of likely N-dealkylation sites (N-methyl/N-ethyl adjacent to an activating group) is 1. The van der Waals surface area contributed by atoms with Gasteiger partial charge in [0.05, 0.1) is 6.04 Å². The van der Waals surface area contributed by atoms with Crippen molar-refractivity contribution in [3.63, 3.8) is 0 Å². The Labute approximate surface area is 108 Å². The lowest BCUT2D eigenvalue weighted by molar-refractivity contribution is 0.104. The van der Waals surface area contributed by atoms with Crippen molar-refractivity contribution in [2.75, 3.05) is 14.1 Å². The highest BCUT2D eigenvalue weighted by atomic mass is 19.1. The molecule has 2 N–H and O–H groups in total. The molecule has 0 aliphatic carbocycles. The lowest BCUT2D eigenvalue weighted by atomic mass is 9.80. The van der Waals surface area contributed by atoms with Crippen molar-refractivity contribution in [3.05, 3.63) is 35.4 Å². The van der Waals surface area contributed by atoms with E-state index in [1.54, 1.807) is 0 Å². The van der Waals surface area contributed by atoms with Crippen molar-refractivity contribution >= 4 is 0 Å². The van der Waals surface area contributed by atoms with Crippen LogP contribution in [0.3, 0.4) is 0 Å². The maximum absolute atomic E-state index is 13.8. The Morgan fingerprint density at radius 1 is 1.22 bits per heavy atom. The fourth-order valence-electron chi connectivity index (χ4n) is 2.64. The van der Waals surface area contributed by atoms with Crippen LogP contribution in [0.15, 0.2) is 18.2 Å². The third-order valence-electron chi connectivity index (χ3n) is 3.99. The summed E-state index contributed by atoms with van der Waals surface area (Å²) in [5.41, 5.74) is 6.29. The summed E-state index contributed by atoms with van der Waals surface area (Å²) < 4.78 is 26.8. The zero-order chi connectivity index (χ0) is 13.9. The van der Waals surface area contributed by atoms with Crippen LogP contribution in [0, 0.1) is 11.6 Å². The lowest BCUT2D eigenvalue weighted by Gasteiger charge is -2.43. The van der Waals surface area contributed by atoms with Crippen LogP contribution in [-0.4, -0.2) is 24.5 Å². The summed E-state index contributed by atoms with van der Waals surface area (Å²) in [6.45, 7) is 4.07. The Bertz CT molecular complexity index is 401. The van der Waals surface area contributed by atoms with Crippen LogP contribution in [0.2, 0.25) is 0 Å². The predicted octanol–water partition coefficient (Wildman–Crippen LogP) is 3.09. The smallest absolute Gasteiger partial charge is 0.130 e. The van der Waals surface area contributed by atoms with Gasteiger partial charge in [0.25, 0.3) is 0 Å². The van der Waals surface area contributed by atoms with E-state index in [4.69, 9.17) is 5.73 Å². The summed E-state index contributed by atoms with van der Waals surface area (Å²) in [7, 11) is 3.88. The van der Waals surface area contributed by atoms with Crippen LogP contribution in [0.1, 0.15) is 38.3 Å². The minimum absolute atomic E-state index is 0.321. The average molecular weight is 256 g/mol. The standard InChI is InChI=1S/C14H22F2N2/c1-5-14(6-2,18(3)4)13(17)11-8-7-10(15)9-12(11)16/h7-9,13H,5-6,17H2,1-4H3. The van der Waals surface area contributed by atoms with Gasteiger partial charge in [0, 0.05) is 17.2 Å². The first-order chi connectivity index (χ1) is 8.39. The number of halogens is 2. The van der Waals surface area contributed by atoms with Crippen LogP contribution >= 0.6 is 0 Å². The van der Waals surface area contributed by atoms with Gasteiger partial charge in [-0.25, -0.2) is 8.78 Å². The lowest BCUT2D eigenvalue weighted by Crippen LogP contribution is -2.51. The SMILES string of the molecule is CCC(CC)(C(N)c1ccc(F)cc1F)N(C)C. The molecule has 1 aromatic rings. The summed E-state index contributed by atoms with van der Waals surface area (Å²) in [4.78, 5) is 2.03. The molecule has 1 rings (SSSR count). The summed E-state index contributed by atoms with van der Waals surface area (Å²) in [6, 6.07) is 3.10. The fourth-order valence-corrected chi connectivity index (χ4v) is 2.64. The monoisotopic (exact) mass is 256 g/mol. The normalized spacial score (nSPS) is 14.0. The van der Waals surface area contributed by atoms with Crippen molar-refractivity contribution in [1.82, 2.24) is 4.90 Å². The van der Waals surface area contributed by atoms with E-state index in [-0.39, 0.29) is 5.54 Å². The maximum Gasteiger partial charge on any atom is 0.130 e. The molecule has 1 aromatic carbocycles. The molecule has 0 aliphatic rings. The molecule has 18 heavy (non-hydrogen) atoms. The van der Waals surface area contributed by atoms with Crippen molar-refractivity contribution in [1.29, 1.82) is 0 Å². The first kappa shape index (κ1) is 15.1. The molecule has 0 amide bonds. The molecule has 0 spiro atoms. The van der Waals surface area contributed by atoms with Crippen molar-refractivity contribution in [3.8, 4) is 0 Å². The first-order valence-electron chi connectivity index (χ1n) is 6.27. The molecule has 0 heterocycles. The van der Waals surface area contributed by atoms with E-state index >= 15 is 0 Å². The molecular weight excluding hydrogens is 234 g/mol. The number of benzene rings is 1. The van der Waals surface area contributed by atoms with Crippen molar-refractivity contribution in [2.45, 2.75) is 38.3 Å². The summed E-state index contributed by atoms with van der Waals surface area (Å²) in [6.07, 6.45) is 1.60. The van der Waals surface area contributed by atoms with Gasteiger partial charge in [0.1, 0.15) is 11.6 Å². The van der Waals surface area contributed by atoms with Crippen LogP contribution < -0.4 is 5.73 Å². The second kappa shape index (κ2) is 5.76. The second-order valence-electron chi connectivity index (χ2n) is 4.85. The summed E-state index contributed by atoms with van der Waals surface area (Å²) in [5, 5.41) is 0. The third-order valence-corrected chi connectivity index (χ3v) is 3.99.